The Bertz CT molecular complexity index is 1070. The van der Waals surface area contributed by atoms with Crippen LogP contribution < -0.4 is 16.2 Å². The third kappa shape index (κ3) is 4.15. The highest BCUT2D eigenvalue weighted by Crippen LogP contribution is 2.38. The molecule has 0 radical (unpaired) electrons. The maximum atomic E-state index is 12.8. The first-order chi connectivity index (χ1) is 14.0. The van der Waals surface area contributed by atoms with Gasteiger partial charge in [-0.05, 0) is 43.4 Å². The molecule has 4 rings (SSSR count). The molecule has 0 atom stereocenters. The molecule has 0 bridgehead atoms. The van der Waals surface area contributed by atoms with Gasteiger partial charge in [-0.25, -0.2) is 4.98 Å². The monoisotopic (exact) mass is 428 g/mol. The second-order valence-electron chi connectivity index (χ2n) is 6.84. The molecule has 0 aliphatic heterocycles. The topological polar surface area (TPSA) is 100 Å². The van der Waals surface area contributed by atoms with Gasteiger partial charge in [0, 0.05) is 11.8 Å². The van der Waals surface area contributed by atoms with Crippen molar-refractivity contribution in [2.24, 2.45) is 0 Å². The molecule has 150 valence electrons. The van der Waals surface area contributed by atoms with Crippen molar-refractivity contribution in [2.45, 2.75) is 39.0 Å². The molecule has 0 spiro atoms. The number of fused-ring (bicyclic) bond motifs is 2. The smallest absolute Gasteiger partial charge is 0.285 e. The van der Waals surface area contributed by atoms with Crippen LogP contribution in [-0.4, -0.2) is 22.7 Å². The second kappa shape index (κ2) is 8.30. The first-order valence-corrected chi connectivity index (χ1v) is 11.0. The normalized spacial score (nSPS) is 13.4. The van der Waals surface area contributed by atoms with E-state index in [0.29, 0.717) is 15.6 Å². The van der Waals surface area contributed by atoms with Gasteiger partial charge in [0.15, 0.2) is 5.01 Å². The number of aromatic nitrogens is 1. The summed E-state index contributed by atoms with van der Waals surface area (Å²) in [5.41, 5.74) is 6.94. The predicted octanol–water partition coefficient (Wildman–Crippen LogP) is 3.66. The highest BCUT2D eigenvalue weighted by atomic mass is 32.1. The van der Waals surface area contributed by atoms with Gasteiger partial charge in [0.25, 0.3) is 11.8 Å². The molecule has 0 unspecified atom stereocenters. The molecule has 0 saturated carbocycles. The van der Waals surface area contributed by atoms with Gasteiger partial charge in [0.1, 0.15) is 5.00 Å². The minimum atomic E-state index is -0.417. The largest absolute Gasteiger partial charge is 0.311 e. The third-order valence-corrected chi connectivity index (χ3v) is 6.96. The van der Waals surface area contributed by atoms with Crippen molar-refractivity contribution in [3.05, 3.63) is 45.3 Å². The molecule has 2 aromatic heterocycles. The first kappa shape index (κ1) is 19.5. The van der Waals surface area contributed by atoms with Crippen molar-refractivity contribution in [1.29, 1.82) is 0 Å². The molecular formula is C20H20N4O3S2. The zero-order chi connectivity index (χ0) is 20.4. The quantitative estimate of drug-likeness (QED) is 0.438. The van der Waals surface area contributed by atoms with Crippen LogP contribution in [0.5, 0.6) is 0 Å². The number of thiazole rings is 1. The fourth-order valence-corrected chi connectivity index (χ4v) is 5.55. The Kier molecular flexibility index (Phi) is 5.59. The van der Waals surface area contributed by atoms with Crippen molar-refractivity contribution in [3.8, 4) is 0 Å². The van der Waals surface area contributed by atoms with Gasteiger partial charge in [-0.3, -0.25) is 25.2 Å². The summed E-state index contributed by atoms with van der Waals surface area (Å²) in [5.74, 6) is -1.12. The SMILES string of the molecule is CC(=O)NNC(=O)c1c(NC(=O)c2nc3ccccc3s2)sc2c1CCCCC2. The van der Waals surface area contributed by atoms with Gasteiger partial charge in [0.05, 0.1) is 15.8 Å². The van der Waals surface area contributed by atoms with E-state index in [4.69, 9.17) is 0 Å². The number of anilines is 1. The van der Waals surface area contributed by atoms with Crippen molar-refractivity contribution in [2.75, 3.05) is 5.32 Å². The summed E-state index contributed by atoms with van der Waals surface area (Å²) in [6, 6.07) is 7.57. The Morgan fingerprint density at radius 1 is 0.966 bits per heavy atom. The summed E-state index contributed by atoms with van der Waals surface area (Å²) in [5, 5.41) is 3.74. The number of aryl methyl sites for hydroxylation is 1. The number of hydrazine groups is 1. The van der Waals surface area contributed by atoms with Gasteiger partial charge in [-0.2, -0.15) is 0 Å². The van der Waals surface area contributed by atoms with E-state index in [0.717, 1.165) is 52.8 Å². The third-order valence-electron chi connectivity index (χ3n) is 4.72. The van der Waals surface area contributed by atoms with Crippen molar-refractivity contribution in [3.63, 3.8) is 0 Å². The number of nitrogens with zero attached hydrogens (tertiary/aromatic N) is 1. The second-order valence-corrected chi connectivity index (χ2v) is 8.98. The predicted molar refractivity (Wildman–Crippen MR) is 114 cm³/mol. The van der Waals surface area contributed by atoms with Crippen molar-refractivity contribution >= 4 is 55.6 Å². The van der Waals surface area contributed by atoms with Crippen LogP contribution in [0.1, 0.15) is 56.8 Å². The van der Waals surface area contributed by atoms with E-state index in [-0.39, 0.29) is 11.8 Å². The van der Waals surface area contributed by atoms with Crippen LogP contribution >= 0.6 is 22.7 Å². The van der Waals surface area contributed by atoms with Crippen LogP contribution in [0.25, 0.3) is 10.2 Å². The molecule has 1 aliphatic rings. The highest BCUT2D eigenvalue weighted by molar-refractivity contribution is 7.20. The lowest BCUT2D eigenvalue weighted by atomic mass is 10.1. The van der Waals surface area contributed by atoms with Gasteiger partial charge in [0.2, 0.25) is 5.91 Å². The molecule has 3 N–H and O–H groups in total. The lowest BCUT2D eigenvalue weighted by Gasteiger charge is -2.09. The average molecular weight is 429 g/mol. The molecule has 3 amide bonds. The maximum absolute atomic E-state index is 12.8. The summed E-state index contributed by atoms with van der Waals surface area (Å²) in [6.07, 6.45) is 4.84. The molecule has 9 heteroatoms. The maximum Gasteiger partial charge on any atom is 0.285 e. The average Bonchev–Trinajstić information content (AvgIpc) is 3.20. The van der Waals surface area contributed by atoms with Crippen LogP contribution in [0.2, 0.25) is 0 Å². The van der Waals surface area contributed by atoms with E-state index in [1.54, 1.807) is 0 Å². The van der Waals surface area contributed by atoms with Crippen molar-refractivity contribution < 1.29 is 14.4 Å². The van der Waals surface area contributed by atoms with Crippen LogP contribution in [0.3, 0.4) is 0 Å². The highest BCUT2D eigenvalue weighted by Gasteiger charge is 2.26. The molecule has 0 saturated heterocycles. The standard InChI is InChI=1S/C20H20N4O3S2/c1-11(25)23-24-17(26)16-12-7-3-2-4-9-14(12)28-19(16)22-18(27)20-21-13-8-5-6-10-15(13)29-20/h5-6,8,10H,2-4,7,9H2,1H3,(H,22,27)(H,23,25)(H,24,26). The number of carbonyl (C=O) groups is 3. The molecule has 29 heavy (non-hydrogen) atoms. The van der Waals surface area contributed by atoms with E-state index >= 15 is 0 Å². The summed E-state index contributed by atoms with van der Waals surface area (Å²) < 4.78 is 0.934. The van der Waals surface area contributed by atoms with E-state index in [9.17, 15) is 14.4 Å². The lowest BCUT2D eigenvalue weighted by Crippen LogP contribution is -2.40. The molecule has 7 nitrogen and oxygen atoms in total. The van der Waals surface area contributed by atoms with Gasteiger partial charge >= 0.3 is 0 Å². The number of para-hydroxylation sites is 1. The zero-order valence-electron chi connectivity index (χ0n) is 15.8. The van der Waals surface area contributed by atoms with Gasteiger partial charge < -0.3 is 5.32 Å². The molecule has 2 heterocycles. The molecule has 0 fully saturated rings. The summed E-state index contributed by atoms with van der Waals surface area (Å²) in [6.45, 7) is 1.32. The minimum Gasteiger partial charge on any atom is -0.311 e. The number of hydrogen-bond acceptors (Lipinski definition) is 6. The van der Waals surface area contributed by atoms with Crippen molar-refractivity contribution in [1.82, 2.24) is 15.8 Å². The zero-order valence-corrected chi connectivity index (χ0v) is 17.5. The van der Waals surface area contributed by atoms with E-state index < -0.39 is 5.91 Å². The van der Waals surface area contributed by atoms with Crippen LogP contribution in [0.4, 0.5) is 5.00 Å². The van der Waals surface area contributed by atoms with Gasteiger partial charge in [-0.1, -0.05) is 18.6 Å². The number of carbonyl (C=O) groups excluding carboxylic acids is 3. The Morgan fingerprint density at radius 3 is 2.55 bits per heavy atom. The number of hydrogen-bond donors (Lipinski definition) is 3. The summed E-state index contributed by atoms with van der Waals surface area (Å²) >= 11 is 2.75. The van der Waals surface area contributed by atoms with E-state index in [1.807, 2.05) is 24.3 Å². The summed E-state index contributed by atoms with van der Waals surface area (Å²) in [7, 11) is 0. The Hall–Kier alpha value is -2.78. The first-order valence-electron chi connectivity index (χ1n) is 9.41. The fraction of sp³-hybridized carbons (Fsp3) is 0.300. The number of amides is 3. The van der Waals surface area contributed by atoms with Crippen LogP contribution in [0.15, 0.2) is 24.3 Å². The van der Waals surface area contributed by atoms with E-state index in [1.165, 1.54) is 29.6 Å². The molecule has 1 aliphatic carbocycles. The van der Waals surface area contributed by atoms with Gasteiger partial charge in [-0.15, -0.1) is 22.7 Å². The Balaban J connectivity index is 1.65. The van der Waals surface area contributed by atoms with Crippen LogP contribution in [0, 0.1) is 0 Å². The van der Waals surface area contributed by atoms with E-state index in [2.05, 4.69) is 21.2 Å². The fourth-order valence-electron chi connectivity index (χ4n) is 3.40. The Morgan fingerprint density at radius 2 is 1.76 bits per heavy atom. The number of thiophene rings is 1. The minimum absolute atomic E-state index is 0.337. The number of benzene rings is 1. The molecule has 1 aromatic carbocycles. The molecule has 3 aromatic rings. The molecular weight excluding hydrogens is 408 g/mol. The number of nitrogens with one attached hydrogen (secondary N) is 3. The van der Waals surface area contributed by atoms with Crippen LogP contribution in [-0.2, 0) is 17.6 Å². The Labute approximate surface area is 175 Å². The lowest BCUT2D eigenvalue weighted by molar-refractivity contribution is -0.119. The number of rotatable bonds is 3. The summed E-state index contributed by atoms with van der Waals surface area (Å²) in [4.78, 5) is 42.3.